The summed E-state index contributed by atoms with van der Waals surface area (Å²) in [6.45, 7) is 7.21. The summed E-state index contributed by atoms with van der Waals surface area (Å²) in [7, 11) is 0. The molecular weight excluding hydrogens is 182 g/mol. The topological polar surface area (TPSA) is 12.0 Å². The Balaban J connectivity index is 1.64. The van der Waals surface area contributed by atoms with Gasteiger partial charge in [0.1, 0.15) is 0 Å². The van der Waals surface area contributed by atoms with E-state index in [1.54, 1.807) is 0 Å². The second-order valence-corrected chi connectivity index (χ2v) is 6.01. The third kappa shape index (κ3) is 2.75. The maximum atomic E-state index is 3.73. The lowest BCUT2D eigenvalue weighted by Crippen LogP contribution is -2.42. The van der Waals surface area contributed by atoms with Crippen molar-refractivity contribution in [3.63, 3.8) is 0 Å². The van der Waals surface area contributed by atoms with Crippen LogP contribution in [0.3, 0.4) is 0 Å². The highest BCUT2D eigenvalue weighted by Gasteiger charge is 2.48. The van der Waals surface area contributed by atoms with E-state index in [-0.39, 0.29) is 0 Å². The smallest absolute Gasteiger partial charge is 0.00106 e. The normalized spacial score (nSPS) is 26.0. The number of nitrogens with one attached hydrogen (secondary N) is 1. The Labute approximate surface area is 95.0 Å². The van der Waals surface area contributed by atoms with Crippen LogP contribution in [-0.4, -0.2) is 13.1 Å². The van der Waals surface area contributed by atoms with Gasteiger partial charge in [-0.1, -0.05) is 26.7 Å². The van der Waals surface area contributed by atoms with Crippen LogP contribution in [0.2, 0.25) is 0 Å². The SMILES string of the molecule is CCCC(C)CNCC1(C2CC2)CCC1. The molecule has 2 fully saturated rings. The molecule has 1 atom stereocenters. The standard InChI is InChI=1S/C14H27N/c1-3-5-12(2)10-15-11-14(8-4-9-14)13-6-7-13/h12-13,15H,3-11H2,1-2H3. The second kappa shape index (κ2) is 4.86. The molecule has 2 aliphatic rings. The van der Waals surface area contributed by atoms with Gasteiger partial charge in [-0.25, -0.2) is 0 Å². The molecule has 15 heavy (non-hydrogen) atoms. The summed E-state index contributed by atoms with van der Waals surface area (Å²) in [6, 6.07) is 0. The van der Waals surface area contributed by atoms with Gasteiger partial charge >= 0.3 is 0 Å². The molecule has 0 aromatic rings. The fraction of sp³-hybridized carbons (Fsp3) is 1.00. The molecule has 0 amide bonds. The van der Waals surface area contributed by atoms with E-state index in [9.17, 15) is 0 Å². The highest BCUT2D eigenvalue weighted by Crippen LogP contribution is 2.56. The fourth-order valence-electron chi connectivity index (χ4n) is 3.22. The van der Waals surface area contributed by atoms with Crippen LogP contribution in [0, 0.1) is 17.3 Å². The number of hydrogen-bond donors (Lipinski definition) is 1. The van der Waals surface area contributed by atoms with Crippen LogP contribution in [-0.2, 0) is 0 Å². The van der Waals surface area contributed by atoms with Crippen molar-refractivity contribution in [1.29, 1.82) is 0 Å². The molecule has 2 rings (SSSR count). The highest BCUT2D eigenvalue weighted by atomic mass is 14.9. The first kappa shape index (κ1) is 11.4. The van der Waals surface area contributed by atoms with Crippen molar-refractivity contribution in [3.05, 3.63) is 0 Å². The third-order valence-corrected chi connectivity index (χ3v) is 4.54. The summed E-state index contributed by atoms with van der Waals surface area (Å²) in [5, 5.41) is 3.73. The first-order chi connectivity index (χ1) is 7.27. The predicted molar refractivity (Wildman–Crippen MR) is 65.9 cm³/mol. The van der Waals surface area contributed by atoms with E-state index in [1.165, 1.54) is 58.0 Å². The van der Waals surface area contributed by atoms with Gasteiger partial charge in [-0.2, -0.15) is 0 Å². The summed E-state index contributed by atoms with van der Waals surface area (Å²) in [4.78, 5) is 0. The molecule has 0 heterocycles. The van der Waals surface area contributed by atoms with Crippen molar-refractivity contribution >= 4 is 0 Å². The summed E-state index contributed by atoms with van der Waals surface area (Å²) in [5.74, 6) is 1.96. The molecule has 0 aromatic carbocycles. The quantitative estimate of drug-likeness (QED) is 0.675. The van der Waals surface area contributed by atoms with Crippen LogP contribution in [0.15, 0.2) is 0 Å². The van der Waals surface area contributed by atoms with Gasteiger partial charge < -0.3 is 5.32 Å². The Morgan fingerprint density at radius 1 is 1.33 bits per heavy atom. The molecule has 88 valence electrons. The Morgan fingerprint density at radius 3 is 2.53 bits per heavy atom. The lowest BCUT2D eigenvalue weighted by atomic mass is 9.65. The fourth-order valence-corrected chi connectivity index (χ4v) is 3.22. The molecule has 1 heteroatoms. The van der Waals surface area contributed by atoms with E-state index in [0.29, 0.717) is 0 Å². The van der Waals surface area contributed by atoms with E-state index in [2.05, 4.69) is 19.2 Å². The van der Waals surface area contributed by atoms with Gasteiger partial charge in [0.25, 0.3) is 0 Å². The van der Waals surface area contributed by atoms with Crippen molar-refractivity contribution in [2.45, 2.75) is 58.8 Å². The molecule has 0 aromatic heterocycles. The van der Waals surface area contributed by atoms with Gasteiger partial charge in [-0.3, -0.25) is 0 Å². The predicted octanol–water partition coefficient (Wildman–Crippen LogP) is 3.59. The zero-order chi connectivity index (χ0) is 10.7. The summed E-state index contributed by atoms with van der Waals surface area (Å²) >= 11 is 0. The zero-order valence-electron chi connectivity index (χ0n) is 10.5. The minimum atomic E-state index is 0.756. The van der Waals surface area contributed by atoms with E-state index in [4.69, 9.17) is 0 Å². The zero-order valence-corrected chi connectivity index (χ0v) is 10.5. The van der Waals surface area contributed by atoms with Gasteiger partial charge in [-0.05, 0) is 55.9 Å². The molecule has 0 radical (unpaired) electrons. The summed E-state index contributed by atoms with van der Waals surface area (Å²) in [5.41, 5.74) is 0.756. The minimum absolute atomic E-state index is 0.756. The van der Waals surface area contributed by atoms with Crippen molar-refractivity contribution in [2.75, 3.05) is 13.1 Å². The molecule has 2 aliphatic carbocycles. The lowest BCUT2D eigenvalue weighted by molar-refractivity contribution is 0.0977. The molecule has 0 spiro atoms. The van der Waals surface area contributed by atoms with Crippen LogP contribution in [0.5, 0.6) is 0 Å². The average Bonchev–Trinajstić information content (AvgIpc) is 2.93. The number of hydrogen-bond acceptors (Lipinski definition) is 1. The van der Waals surface area contributed by atoms with Crippen LogP contribution in [0.1, 0.15) is 58.8 Å². The molecule has 2 saturated carbocycles. The van der Waals surface area contributed by atoms with E-state index >= 15 is 0 Å². The third-order valence-electron chi connectivity index (χ3n) is 4.54. The molecule has 1 unspecified atom stereocenters. The molecule has 0 aliphatic heterocycles. The maximum absolute atomic E-state index is 3.73. The average molecular weight is 209 g/mol. The molecule has 0 saturated heterocycles. The first-order valence-corrected chi connectivity index (χ1v) is 6.97. The van der Waals surface area contributed by atoms with Crippen molar-refractivity contribution < 1.29 is 0 Å². The Hall–Kier alpha value is -0.0400. The monoisotopic (exact) mass is 209 g/mol. The van der Waals surface area contributed by atoms with Crippen LogP contribution in [0.25, 0.3) is 0 Å². The molecular formula is C14H27N. The van der Waals surface area contributed by atoms with Gasteiger partial charge in [0, 0.05) is 6.54 Å². The first-order valence-electron chi connectivity index (χ1n) is 6.97. The van der Waals surface area contributed by atoms with Gasteiger partial charge in [0.05, 0.1) is 0 Å². The van der Waals surface area contributed by atoms with Crippen molar-refractivity contribution in [3.8, 4) is 0 Å². The summed E-state index contributed by atoms with van der Waals surface area (Å²) < 4.78 is 0. The highest BCUT2D eigenvalue weighted by molar-refractivity contribution is 5.00. The van der Waals surface area contributed by atoms with E-state index in [1.807, 2.05) is 0 Å². The van der Waals surface area contributed by atoms with Gasteiger partial charge in [0.15, 0.2) is 0 Å². The Morgan fingerprint density at radius 2 is 2.07 bits per heavy atom. The minimum Gasteiger partial charge on any atom is -0.316 e. The molecule has 1 nitrogen and oxygen atoms in total. The van der Waals surface area contributed by atoms with E-state index < -0.39 is 0 Å². The molecule has 1 N–H and O–H groups in total. The Bertz CT molecular complexity index is 192. The largest absolute Gasteiger partial charge is 0.316 e. The summed E-state index contributed by atoms with van der Waals surface area (Å²) in [6.07, 6.45) is 10.3. The van der Waals surface area contributed by atoms with Crippen LogP contribution < -0.4 is 5.32 Å². The van der Waals surface area contributed by atoms with Crippen molar-refractivity contribution in [1.82, 2.24) is 5.32 Å². The molecule has 0 bridgehead atoms. The van der Waals surface area contributed by atoms with Crippen molar-refractivity contribution in [2.24, 2.45) is 17.3 Å². The van der Waals surface area contributed by atoms with Gasteiger partial charge in [-0.15, -0.1) is 0 Å². The van der Waals surface area contributed by atoms with E-state index in [0.717, 1.165) is 17.3 Å². The number of rotatable bonds is 7. The second-order valence-electron chi connectivity index (χ2n) is 6.01. The maximum Gasteiger partial charge on any atom is 0.00106 e. The van der Waals surface area contributed by atoms with Crippen LogP contribution in [0.4, 0.5) is 0 Å². The van der Waals surface area contributed by atoms with Crippen LogP contribution >= 0.6 is 0 Å². The Kier molecular flexibility index (Phi) is 3.71. The lowest BCUT2D eigenvalue weighted by Gasteiger charge is -2.43. The van der Waals surface area contributed by atoms with Gasteiger partial charge in [0.2, 0.25) is 0 Å².